The molecule has 1 amide bonds. The maximum absolute atomic E-state index is 11.7. The van der Waals surface area contributed by atoms with Crippen molar-refractivity contribution in [2.75, 3.05) is 14.1 Å². The largest absolute Gasteiger partial charge is 0.345 e. The fourth-order valence-corrected chi connectivity index (χ4v) is 1.40. The molecule has 5 heteroatoms. The molecular formula is C12H18N4O. The number of hydrogen-bond acceptors (Lipinski definition) is 3. The molecule has 0 saturated heterocycles. The molecule has 0 aliphatic heterocycles. The third kappa shape index (κ3) is 2.61. The number of nitrogens with zero attached hydrogens (tertiary/aromatic N) is 4. The van der Waals surface area contributed by atoms with Crippen LogP contribution in [0.3, 0.4) is 0 Å². The van der Waals surface area contributed by atoms with E-state index in [1.165, 1.54) is 4.90 Å². The van der Waals surface area contributed by atoms with E-state index in [9.17, 15) is 4.79 Å². The second-order valence-electron chi connectivity index (χ2n) is 3.59. The van der Waals surface area contributed by atoms with E-state index >= 15 is 0 Å². The molecule has 2 heterocycles. The fraction of sp³-hybridized carbons (Fsp3) is 0.417. The lowest BCUT2D eigenvalue weighted by Gasteiger charge is -2.09. The standard InChI is InChI=1S/C10H12N4O.C2H6/c1-7-11-12-9-6-8(4-5-14(7)9)10(15)13(2)3;1-2/h4-6H,1-3H3;1-2H3. The molecule has 0 spiro atoms. The van der Waals surface area contributed by atoms with E-state index < -0.39 is 0 Å². The van der Waals surface area contributed by atoms with Crippen LogP contribution in [0.25, 0.3) is 5.65 Å². The van der Waals surface area contributed by atoms with Gasteiger partial charge < -0.3 is 4.90 Å². The topological polar surface area (TPSA) is 50.5 Å². The molecule has 92 valence electrons. The molecule has 2 rings (SSSR count). The summed E-state index contributed by atoms with van der Waals surface area (Å²) in [5.41, 5.74) is 1.32. The van der Waals surface area contributed by atoms with Crippen molar-refractivity contribution in [3.8, 4) is 0 Å². The summed E-state index contributed by atoms with van der Waals surface area (Å²) < 4.78 is 1.84. The molecule has 0 aliphatic carbocycles. The predicted molar refractivity (Wildman–Crippen MR) is 67.1 cm³/mol. The number of carbonyl (C=O) groups is 1. The smallest absolute Gasteiger partial charge is 0.253 e. The van der Waals surface area contributed by atoms with E-state index in [1.807, 2.05) is 25.2 Å². The number of carbonyl (C=O) groups excluding carboxylic acids is 1. The average molecular weight is 234 g/mol. The first kappa shape index (κ1) is 13.2. The minimum atomic E-state index is -0.0295. The number of aryl methyl sites for hydroxylation is 1. The third-order valence-electron chi connectivity index (χ3n) is 2.23. The van der Waals surface area contributed by atoms with Gasteiger partial charge in [-0.25, -0.2) is 0 Å². The molecular weight excluding hydrogens is 216 g/mol. The van der Waals surface area contributed by atoms with Gasteiger partial charge in [0.05, 0.1) is 0 Å². The summed E-state index contributed by atoms with van der Waals surface area (Å²) in [6.07, 6.45) is 1.81. The summed E-state index contributed by atoms with van der Waals surface area (Å²) in [4.78, 5) is 13.2. The van der Waals surface area contributed by atoms with E-state index in [-0.39, 0.29) is 5.91 Å². The highest BCUT2D eigenvalue weighted by Crippen LogP contribution is 2.08. The van der Waals surface area contributed by atoms with Crippen LogP contribution >= 0.6 is 0 Å². The van der Waals surface area contributed by atoms with Crippen LogP contribution < -0.4 is 0 Å². The Morgan fingerprint density at radius 3 is 2.53 bits per heavy atom. The molecule has 2 aromatic heterocycles. The van der Waals surface area contributed by atoms with Crippen molar-refractivity contribution in [1.29, 1.82) is 0 Å². The fourth-order valence-electron chi connectivity index (χ4n) is 1.40. The van der Waals surface area contributed by atoms with Gasteiger partial charge >= 0.3 is 0 Å². The molecule has 0 atom stereocenters. The van der Waals surface area contributed by atoms with Gasteiger partial charge in [-0.05, 0) is 19.1 Å². The maximum atomic E-state index is 11.7. The van der Waals surface area contributed by atoms with Crippen molar-refractivity contribution in [1.82, 2.24) is 19.5 Å². The Labute approximate surface area is 101 Å². The SMILES string of the molecule is CC.Cc1nnc2cc(C(=O)N(C)C)ccn12. The molecule has 0 fully saturated rings. The number of rotatable bonds is 1. The summed E-state index contributed by atoms with van der Waals surface area (Å²) in [6.45, 7) is 5.87. The molecule has 0 unspecified atom stereocenters. The Bertz CT molecular complexity index is 516. The number of hydrogen-bond donors (Lipinski definition) is 0. The summed E-state index contributed by atoms with van der Waals surface area (Å²) in [7, 11) is 3.45. The maximum Gasteiger partial charge on any atom is 0.253 e. The zero-order valence-electron chi connectivity index (χ0n) is 10.9. The Kier molecular flexibility index (Phi) is 4.20. The zero-order chi connectivity index (χ0) is 13.0. The summed E-state index contributed by atoms with van der Waals surface area (Å²) in [5, 5.41) is 7.89. The molecule has 0 bridgehead atoms. The third-order valence-corrected chi connectivity index (χ3v) is 2.23. The van der Waals surface area contributed by atoms with Crippen LogP contribution in [0, 0.1) is 6.92 Å². The van der Waals surface area contributed by atoms with E-state index in [1.54, 1.807) is 32.4 Å². The van der Waals surface area contributed by atoms with E-state index in [2.05, 4.69) is 10.2 Å². The Morgan fingerprint density at radius 1 is 1.29 bits per heavy atom. The molecule has 0 saturated carbocycles. The van der Waals surface area contributed by atoms with Crippen LogP contribution in [-0.4, -0.2) is 39.5 Å². The van der Waals surface area contributed by atoms with Gasteiger partial charge in [-0.15, -0.1) is 10.2 Å². The first-order valence-electron chi connectivity index (χ1n) is 5.62. The summed E-state index contributed by atoms with van der Waals surface area (Å²) in [6, 6.07) is 3.51. The van der Waals surface area contributed by atoms with Gasteiger partial charge in [0, 0.05) is 25.9 Å². The minimum Gasteiger partial charge on any atom is -0.345 e. The molecule has 0 aromatic carbocycles. The van der Waals surface area contributed by atoms with Gasteiger partial charge in [0.15, 0.2) is 5.65 Å². The minimum absolute atomic E-state index is 0.0295. The van der Waals surface area contributed by atoms with Crippen molar-refractivity contribution >= 4 is 11.6 Å². The molecule has 2 aromatic rings. The van der Waals surface area contributed by atoms with Crippen LogP contribution in [0.15, 0.2) is 18.3 Å². The van der Waals surface area contributed by atoms with E-state index in [0.717, 1.165) is 5.82 Å². The highest BCUT2D eigenvalue weighted by atomic mass is 16.2. The molecule has 0 N–H and O–H groups in total. The van der Waals surface area contributed by atoms with Gasteiger partial charge in [-0.1, -0.05) is 13.8 Å². The van der Waals surface area contributed by atoms with Crippen molar-refractivity contribution in [2.45, 2.75) is 20.8 Å². The predicted octanol–water partition coefficient (Wildman–Crippen LogP) is 1.77. The highest BCUT2D eigenvalue weighted by molar-refractivity contribution is 5.94. The van der Waals surface area contributed by atoms with Crippen molar-refractivity contribution < 1.29 is 4.79 Å². The van der Waals surface area contributed by atoms with Crippen LogP contribution in [0.2, 0.25) is 0 Å². The lowest BCUT2D eigenvalue weighted by molar-refractivity contribution is 0.0827. The van der Waals surface area contributed by atoms with E-state index in [0.29, 0.717) is 11.2 Å². The highest BCUT2D eigenvalue weighted by Gasteiger charge is 2.09. The summed E-state index contributed by atoms with van der Waals surface area (Å²) >= 11 is 0. The lowest BCUT2D eigenvalue weighted by Crippen LogP contribution is -2.21. The van der Waals surface area contributed by atoms with Gasteiger partial charge in [0.2, 0.25) is 0 Å². The molecule has 0 aliphatic rings. The summed E-state index contributed by atoms with van der Waals surface area (Å²) in [5.74, 6) is 0.784. The molecule has 17 heavy (non-hydrogen) atoms. The molecule has 0 radical (unpaired) electrons. The monoisotopic (exact) mass is 234 g/mol. The Hall–Kier alpha value is -1.91. The number of amides is 1. The van der Waals surface area contributed by atoms with Crippen LogP contribution in [0.4, 0.5) is 0 Å². The van der Waals surface area contributed by atoms with Gasteiger partial charge in [-0.3, -0.25) is 9.20 Å². The van der Waals surface area contributed by atoms with Crippen molar-refractivity contribution in [2.24, 2.45) is 0 Å². The average Bonchev–Trinajstić information content (AvgIpc) is 2.72. The van der Waals surface area contributed by atoms with Crippen molar-refractivity contribution in [3.05, 3.63) is 29.7 Å². The van der Waals surface area contributed by atoms with Crippen LogP contribution in [0.5, 0.6) is 0 Å². The van der Waals surface area contributed by atoms with Crippen LogP contribution in [0.1, 0.15) is 30.0 Å². The van der Waals surface area contributed by atoms with Gasteiger partial charge in [0.25, 0.3) is 5.91 Å². The van der Waals surface area contributed by atoms with Gasteiger partial charge in [0.1, 0.15) is 5.82 Å². The van der Waals surface area contributed by atoms with Crippen LogP contribution in [-0.2, 0) is 0 Å². The van der Waals surface area contributed by atoms with Crippen molar-refractivity contribution in [3.63, 3.8) is 0 Å². The van der Waals surface area contributed by atoms with E-state index in [4.69, 9.17) is 0 Å². The molecule has 5 nitrogen and oxygen atoms in total. The number of fused-ring (bicyclic) bond motifs is 1. The number of aromatic nitrogens is 3. The normalized spacial score (nSPS) is 9.71. The first-order chi connectivity index (χ1) is 8.09. The lowest BCUT2D eigenvalue weighted by atomic mass is 10.2. The second kappa shape index (κ2) is 5.43. The first-order valence-corrected chi connectivity index (χ1v) is 5.62. The Morgan fingerprint density at radius 2 is 1.94 bits per heavy atom. The quantitative estimate of drug-likeness (QED) is 0.755. The van der Waals surface area contributed by atoms with Gasteiger partial charge in [-0.2, -0.15) is 0 Å². The Balaban J connectivity index is 0.000000686. The number of pyridine rings is 1. The second-order valence-corrected chi connectivity index (χ2v) is 3.59. The zero-order valence-corrected chi connectivity index (χ0v) is 10.9.